The van der Waals surface area contributed by atoms with Gasteiger partial charge in [0.05, 0.1) is 0 Å². The van der Waals surface area contributed by atoms with Gasteiger partial charge < -0.3 is 10.2 Å². The molecule has 2 heterocycles. The number of nitrogens with zero attached hydrogens (tertiary/aromatic N) is 2. The van der Waals surface area contributed by atoms with Crippen LogP contribution in [0.5, 0.6) is 0 Å². The molecule has 4 nitrogen and oxygen atoms in total. The first-order valence-electron chi connectivity index (χ1n) is 10.6. The lowest BCUT2D eigenvalue weighted by atomic mass is 9.49. The summed E-state index contributed by atoms with van der Waals surface area (Å²) in [4.78, 5) is 19.6. The quantitative estimate of drug-likeness (QED) is 0.846. The summed E-state index contributed by atoms with van der Waals surface area (Å²) in [5, 5.41) is 6.49. The first-order chi connectivity index (χ1) is 12.7. The zero-order valence-electron chi connectivity index (χ0n) is 15.7. The first kappa shape index (κ1) is 17.0. The third-order valence-electron chi connectivity index (χ3n) is 7.50. The Kier molecular flexibility index (Phi) is 4.46. The number of hydrogen-bond donors (Lipinski definition) is 1. The van der Waals surface area contributed by atoms with Crippen LogP contribution < -0.4 is 10.2 Å². The molecule has 142 valence electrons. The van der Waals surface area contributed by atoms with Crippen LogP contribution in [0.15, 0.2) is 11.6 Å². The fourth-order valence-corrected chi connectivity index (χ4v) is 7.63. The highest BCUT2D eigenvalue weighted by atomic mass is 32.1. The molecule has 1 amide bonds. The molecule has 4 bridgehead atoms. The molecule has 1 aromatic heterocycles. The first-order valence-corrected chi connectivity index (χ1v) is 11.5. The fourth-order valence-electron chi connectivity index (χ4n) is 6.95. The Morgan fingerprint density at radius 2 is 1.96 bits per heavy atom. The van der Waals surface area contributed by atoms with Gasteiger partial charge in [0.25, 0.3) is 0 Å². The van der Waals surface area contributed by atoms with Crippen molar-refractivity contribution in [1.29, 1.82) is 0 Å². The zero-order valence-corrected chi connectivity index (χ0v) is 16.5. The van der Waals surface area contributed by atoms with Gasteiger partial charge in [-0.1, -0.05) is 0 Å². The average Bonchev–Trinajstić information content (AvgIpc) is 3.13. The minimum absolute atomic E-state index is 0.318. The Balaban J connectivity index is 1.13. The molecule has 6 rings (SSSR count). The Hall–Kier alpha value is -1.10. The topological polar surface area (TPSA) is 45.2 Å². The largest absolute Gasteiger partial charge is 0.356 e. The highest BCUT2D eigenvalue weighted by molar-refractivity contribution is 7.13. The van der Waals surface area contributed by atoms with Crippen LogP contribution in [0, 0.1) is 29.1 Å². The van der Waals surface area contributed by atoms with E-state index >= 15 is 0 Å². The van der Waals surface area contributed by atoms with Gasteiger partial charge in [-0.25, -0.2) is 4.98 Å². The summed E-state index contributed by atoms with van der Waals surface area (Å²) in [6, 6.07) is 0. The fraction of sp³-hybridized carbons (Fsp3) is 0.810. The summed E-state index contributed by atoms with van der Waals surface area (Å²) in [5.41, 5.74) is 0.359. The van der Waals surface area contributed by atoms with Gasteiger partial charge in [-0.05, 0) is 80.5 Å². The van der Waals surface area contributed by atoms with E-state index in [0.29, 0.717) is 17.2 Å². The van der Waals surface area contributed by atoms with E-state index in [2.05, 4.69) is 15.2 Å². The maximum Gasteiger partial charge on any atom is 0.220 e. The van der Waals surface area contributed by atoms with Crippen molar-refractivity contribution >= 4 is 22.4 Å². The number of thiazole rings is 1. The van der Waals surface area contributed by atoms with Gasteiger partial charge in [0.1, 0.15) is 0 Å². The maximum absolute atomic E-state index is 12.7. The molecule has 0 spiro atoms. The number of rotatable bonds is 5. The lowest BCUT2D eigenvalue weighted by molar-refractivity contribution is -0.129. The Morgan fingerprint density at radius 3 is 2.62 bits per heavy atom. The van der Waals surface area contributed by atoms with Crippen LogP contribution in [-0.4, -0.2) is 30.5 Å². The van der Waals surface area contributed by atoms with E-state index in [1.54, 1.807) is 11.3 Å². The predicted molar refractivity (Wildman–Crippen MR) is 105 cm³/mol. The molecule has 5 aliphatic rings. The number of amides is 1. The molecule has 1 N–H and O–H groups in total. The van der Waals surface area contributed by atoms with Crippen LogP contribution in [0.4, 0.5) is 5.13 Å². The summed E-state index contributed by atoms with van der Waals surface area (Å²) >= 11 is 1.72. The molecule has 0 aromatic carbocycles. The molecule has 1 unspecified atom stereocenters. The minimum Gasteiger partial charge on any atom is -0.356 e. The number of anilines is 1. The summed E-state index contributed by atoms with van der Waals surface area (Å²) in [6.07, 6.45) is 13.4. The second-order valence-corrected chi connectivity index (χ2v) is 10.5. The van der Waals surface area contributed by atoms with E-state index in [-0.39, 0.29) is 0 Å². The summed E-state index contributed by atoms with van der Waals surface area (Å²) < 4.78 is 0. The number of carbonyl (C=O) groups is 1. The number of piperidine rings is 1. The highest BCUT2D eigenvalue weighted by Gasteiger charge is 2.51. The Bertz CT molecular complexity index is 608. The van der Waals surface area contributed by atoms with Crippen LogP contribution in [0.25, 0.3) is 0 Å². The SMILES string of the molecule is O=C(CC12CC3CC(CC(C3)C1)C2)NCC1CCCN(c2nccs2)C1. The summed E-state index contributed by atoms with van der Waals surface area (Å²) in [7, 11) is 0. The number of aromatic nitrogens is 1. The van der Waals surface area contributed by atoms with E-state index in [9.17, 15) is 4.79 Å². The van der Waals surface area contributed by atoms with E-state index in [1.165, 1.54) is 51.4 Å². The van der Waals surface area contributed by atoms with E-state index < -0.39 is 0 Å². The highest BCUT2D eigenvalue weighted by Crippen LogP contribution is 2.61. The molecule has 4 aliphatic carbocycles. The normalized spacial score (nSPS) is 38.5. The molecule has 4 saturated carbocycles. The second kappa shape index (κ2) is 6.81. The molecule has 5 heteroatoms. The molecule has 1 atom stereocenters. The van der Waals surface area contributed by atoms with Crippen molar-refractivity contribution in [3.8, 4) is 0 Å². The van der Waals surface area contributed by atoms with E-state index in [4.69, 9.17) is 0 Å². The second-order valence-electron chi connectivity index (χ2n) is 9.67. The van der Waals surface area contributed by atoms with Crippen LogP contribution in [-0.2, 0) is 4.79 Å². The summed E-state index contributed by atoms with van der Waals surface area (Å²) in [6.45, 7) is 2.98. The van der Waals surface area contributed by atoms with Crippen molar-refractivity contribution in [3.05, 3.63) is 11.6 Å². The average molecular weight is 374 g/mol. The van der Waals surface area contributed by atoms with Crippen molar-refractivity contribution in [1.82, 2.24) is 10.3 Å². The molecule has 26 heavy (non-hydrogen) atoms. The van der Waals surface area contributed by atoms with E-state index in [0.717, 1.165) is 48.9 Å². The van der Waals surface area contributed by atoms with Gasteiger partial charge in [0.2, 0.25) is 5.91 Å². The lowest BCUT2D eigenvalue weighted by Crippen LogP contribution is -2.48. The maximum atomic E-state index is 12.7. The van der Waals surface area contributed by atoms with Crippen LogP contribution in [0.2, 0.25) is 0 Å². The molecule has 0 radical (unpaired) electrons. The standard InChI is InChI=1S/C21H31N3OS/c25-19(12-21-9-16-6-17(10-21)8-18(7-16)11-21)23-13-15-2-1-4-24(14-15)20-22-3-5-26-20/h3,5,15-18H,1-2,4,6-14H2,(H,23,25). The van der Waals surface area contributed by atoms with Gasteiger partial charge in [-0.3, -0.25) is 4.79 Å². The van der Waals surface area contributed by atoms with Crippen LogP contribution in [0.1, 0.15) is 57.8 Å². The molecular formula is C21H31N3OS. The van der Waals surface area contributed by atoms with Gasteiger partial charge >= 0.3 is 0 Å². The third kappa shape index (κ3) is 3.39. The zero-order chi connectivity index (χ0) is 17.6. The molecule has 1 saturated heterocycles. The monoisotopic (exact) mass is 373 g/mol. The molecule has 5 fully saturated rings. The number of nitrogens with one attached hydrogen (secondary N) is 1. The number of hydrogen-bond acceptors (Lipinski definition) is 4. The van der Waals surface area contributed by atoms with Crippen LogP contribution >= 0.6 is 11.3 Å². The smallest absolute Gasteiger partial charge is 0.220 e. The van der Waals surface area contributed by atoms with Crippen molar-refractivity contribution < 1.29 is 4.79 Å². The van der Waals surface area contributed by atoms with Gasteiger partial charge in [0.15, 0.2) is 5.13 Å². The van der Waals surface area contributed by atoms with Crippen molar-refractivity contribution in [2.24, 2.45) is 29.1 Å². The molecule has 1 aliphatic heterocycles. The predicted octanol–water partition coefficient (Wildman–Crippen LogP) is 4.08. The van der Waals surface area contributed by atoms with Gasteiger partial charge in [-0.15, -0.1) is 11.3 Å². The minimum atomic E-state index is 0.318. The Labute approximate surface area is 160 Å². The van der Waals surface area contributed by atoms with Gasteiger partial charge in [-0.2, -0.15) is 0 Å². The molecule has 1 aromatic rings. The van der Waals surface area contributed by atoms with Gasteiger partial charge in [0, 0.05) is 37.6 Å². The lowest BCUT2D eigenvalue weighted by Gasteiger charge is -2.56. The van der Waals surface area contributed by atoms with Crippen LogP contribution in [0.3, 0.4) is 0 Å². The molecular weight excluding hydrogens is 342 g/mol. The van der Waals surface area contributed by atoms with Crippen molar-refractivity contribution in [2.45, 2.75) is 57.8 Å². The van der Waals surface area contributed by atoms with Crippen molar-refractivity contribution in [3.63, 3.8) is 0 Å². The third-order valence-corrected chi connectivity index (χ3v) is 8.33. The number of carbonyl (C=O) groups excluding carboxylic acids is 1. The summed E-state index contributed by atoms with van der Waals surface area (Å²) in [5.74, 6) is 3.67. The van der Waals surface area contributed by atoms with Crippen molar-refractivity contribution in [2.75, 3.05) is 24.5 Å². The Morgan fingerprint density at radius 1 is 1.23 bits per heavy atom. The van der Waals surface area contributed by atoms with E-state index in [1.807, 2.05) is 11.6 Å².